The molecule has 0 unspecified atom stereocenters. The lowest BCUT2D eigenvalue weighted by molar-refractivity contribution is -0.136. The molecule has 5 nitrogen and oxygen atoms in total. The normalized spacial score (nSPS) is 13.0. The largest absolute Gasteiger partial charge is 0.480 e. The van der Waals surface area contributed by atoms with Crippen molar-refractivity contribution >= 4 is 28.8 Å². The molecule has 0 saturated heterocycles. The molecule has 2 rings (SSSR count). The van der Waals surface area contributed by atoms with E-state index in [0.717, 1.165) is 28.5 Å². The zero-order chi connectivity index (χ0) is 20.7. The van der Waals surface area contributed by atoms with Gasteiger partial charge in [-0.15, -0.1) is 0 Å². The van der Waals surface area contributed by atoms with Gasteiger partial charge >= 0.3 is 5.97 Å². The Balaban J connectivity index is 2.01. The van der Waals surface area contributed by atoms with Crippen molar-refractivity contribution in [3.63, 3.8) is 0 Å². The Bertz CT molecular complexity index is 818. The van der Waals surface area contributed by atoms with Gasteiger partial charge in [0.2, 0.25) is 11.0 Å². The molecule has 0 aliphatic carbocycles. The maximum Gasteiger partial charge on any atom is 0.317 e. The smallest absolute Gasteiger partial charge is 0.317 e. The zero-order valence-electron chi connectivity index (χ0n) is 16.2. The Morgan fingerprint density at radius 2 is 1.50 bits per heavy atom. The summed E-state index contributed by atoms with van der Waals surface area (Å²) in [5.41, 5.74) is 2.97. The van der Waals surface area contributed by atoms with Crippen LogP contribution in [0, 0.1) is 5.92 Å². The van der Waals surface area contributed by atoms with E-state index in [2.05, 4.69) is 5.32 Å². The van der Waals surface area contributed by atoms with E-state index in [9.17, 15) is 19.5 Å². The number of nitrogens with one attached hydrogen (secondary N) is 1. The van der Waals surface area contributed by atoms with Gasteiger partial charge in [0.25, 0.3) is 0 Å². The van der Waals surface area contributed by atoms with Crippen molar-refractivity contribution in [3.05, 3.63) is 60.2 Å². The average Bonchev–Trinajstić information content (AvgIpc) is 2.68. The lowest BCUT2D eigenvalue weighted by atomic mass is 10.0. The van der Waals surface area contributed by atoms with Crippen molar-refractivity contribution < 1.29 is 19.5 Å². The van der Waals surface area contributed by atoms with Crippen molar-refractivity contribution in [2.24, 2.45) is 5.92 Å². The maximum atomic E-state index is 12.3. The van der Waals surface area contributed by atoms with E-state index in [1.54, 1.807) is 20.8 Å². The SMILES string of the molecule is CC(C)C(=O)N[C@H](C)C(=O)S[C@H](Cc1ccc(-c2ccccc2)cc1)C(=O)O. The van der Waals surface area contributed by atoms with Crippen molar-refractivity contribution in [3.8, 4) is 11.1 Å². The number of carbonyl (C=O) groups is 3. The molecule has 0 spiro atoms. The van der Waals surface area contributed by atoms with E-state index in [1.807, 2.05) is 54.6 Å². The summed E-state index contributed by atoms with van der Waals surface area (Å²) in [5, 5.41) is 10.9. The van der Waals surface area contributed by atoms with E-state index < -0.39 is 17.3 Å². The van der Waals surface area contributed by atoms with E-state index in [4.69, 9.17) is 0 Å². The first-order chi connectivity index (χ1) is 13.3. The minimum absolute atomic E-state index is 0.228. The summed E-state index contributed by atoms with van der Waals surface area (Å²) in [5.74, 6) is -1.52. The van der Waals surface area contributed by atoms with Crippen LogP contribution in [0.2, 0.25) is 0 Å². The van der Waals surface area contributed by atoms with Crippen LogP contribution in [-0.4, -0.2) is 33.4 Å². The molecule has 2 atom stereocenters. The molecule has 0 aliphatic heterocycles. The second-order valence-corrected chi connectivity index (χ2v) is 8.12. The van der Waals surface area contributed by atoms with Crippen LogP contribution in [0.3, 0.4) is 0 Å². The van der Waals surface area contributed by atoms with E-state index in [1.165, 1.54) is 0 Å². The number of benzene rings is 2. The average molecular weight is 400 g/mol. The number of amides is 1. The zero-order valence-corrected chi connectivity index (χ0v) is 17.0. The number of carboxylic acid groups (broad SMARTS) is 1. The first kappa shape index (κ1) is 21.7. The summed E-state index contributed by atoms with van der Waals surface area (Å²) in [6.45, 7) is 5.04. The van der Waals surface area contributed by atoms with E-state index >= 15 is 0 Å². The molecule has 0 bridgehead atoms. The van der Waals surface area contributed by atoms with Crippen LogP contribution < -0.4 is 5.32 Å². The van der Waals surface area contributed by atoms with Crippen molar-refractivity contribution in [1.82, 2.24) is 5.32 Å². The van der Waals surface area contributed by atoms with Gasteiger partial charge in [-0.25, -0.2) is 0 Å². The minimum Gasteiger partial charge on any atom is -0.480 e. The summed E-state index contributed by atoms with van der Waals surface area (Å²) in [7, 11) is 0. The highest BCUT2D eigenvalue weighted by molar-refractivity contribution is 8.14. The molecule has 0 fully saturated rings. The molecular formula is C22H25NO4S. The molecule has 2 N–H and O–H groups in total. The number of rotatable bonds is 8. The first-order valence-corrected chi connectivity index (χ1v) is 10.0. The van der Waals surface area contributed by atoms with Gasteiger partial charge in [-0.1, -0.05) is 80.2 Å². The molecular weight excluding hydrogens is 374 g/mol. The van der Waals surface area contributed by atoms with Gasteiger partial charge in [0.15, 0.2) is 0 Å². The number of aliphatic carboxylic acids is 1. The van der Waals surface area contributed by atoms with Crippen LogP contribution in [0.4, 0.5) is 0 Å². The Labute approximate surface area is 169 Å². The third kappa shape index (κ3) is 6.23. The third-order valence-corrected chi connectivity index (χ3v) is 5.49. The number of hydrogen-bond acceptors (Lipinski definition) is 4. The standard InChI is InChI=1S/C22H25NO4S/c1-14(2)20(24)23-15(3)22(27)28-19(21(25)26)13-16-9-11-18(12-10-16)17-7-5-4-6-8-17/h4-12,14-15,19H,13H2,1-3H3,(H,23,24)(H,25,26)/t15-,19-/m1/s1. The predicted molar refractivity (Wildman–Crippen MR) is 112 cm³/mol. The molecule has 148 valence electrons. The lowest BCUT2D eigenvalue weighted by Crippen LogP contribution is -2.40. The second kappa shape index (κ2) is 10.1. The lowest BCUT2D eigenvalue weighted by Gasteiger charge is -2.17. The Morgan fingerprint density at radius 3 is 2.04 bits per heavy atom. The summed E-state index contributed by atoms with van der Waals surface area (Å²) in [6.07, 6.45) is 0.228. The Hall–Kier alpha value is -2.60. The molecule has 0 radical (unpaired) electrons. The van der Waals surface area contributed by atoms with Gasteiger partial charge in [0.05, 0.1) is 6.04 Å². The Kier molecular flexibility index (Phi) is 7.81. The van der Waals surface area contributed by atoms with E-state index in [0.29, 0.717) is 0 Å². The highest BCUT2D eigenvalue weighted by atomic mass is 32.2. The second-order valence-electron chi connectivity index (χ2n) is 6.92. The number of carboxylic acids is 1. The van der Waals surface area contributed by atoms with Gasteiger partial charge in [0.1, 0.15) is 5.25 Å². The van der Waals surface area contributed by atoms with Crippen LogP contribution in [0.25, 0.3) is 11.1 Å². The first-order valence-electron chi connectivity index (χ1n) is 9.16. The quantitative estimate of drug-likeness (QED) is 0.706. The van der Waals surface area contributed by atoms with Crippen molar-refractivity contribution in [1.29, 1.82) is 0 Å². The fourth-order valence-corrected chi connectivity index (χ4v) is 3.46. The molecule has 0 aliphatic rings. The van der Waals surface area contributed by atoms with Gasteiger partial charge in [-0.2, -0.15) is 0 Å². The third-order valence-electron chi connectivity index (χ3n) is 4.25. The van der Waals surface area contributed by atoms with Crippen LogP contribution in [0.15, 0.2) is 54.6 Å². The molecule has 1 amide bonds. The fraction of sp³-hybridized carbons (Fsp3) is 0.318. The van der Waals surface area contributed by atoms with Gasteiger partial charge in [0, 0.05) is 5.92 Å². The molecule has 0 aromatic heterocycles. The topological polar surface area (TPSA) is 83.5 Å². The number of carbonyl (C=O) groups excluding carboxylic acids is 2. The van der Waals surface area contributed by atoms with Crippen LogP contribution in [-0.2, 0) is 20.8 Å². The minimum atomic E-state index is -1.05. The summed E-state index contributed by atoms with van der Waals surface area (Å²) in [4.78, 5) is 35.7. The summed E-state index contributed by atoms with van der Waals surface area (Å²) in [6, 6.07) is 16.8. The molecule has 0 saturated carbocycles. The van der Waals surface area contributed by atoms with Gasteiger partial charge < -0.3 is 10.4 Å². The summed E-state index contributed by atoms with van der Waals surface area (Å²) < 4.78 is 0. The molecule has 6 heteroatoms. The Morgan fingerprint density at radius 1 is 0.929 bits per heavy atom. The molecule has 0 heterocycles. The molecule has 28 heavy (non-hydrogen) atoms. The number of hydrogen-bond donors (Lipinski definition) is 2. The molecule has 2 aromatic carbocycles. The number of thioether (sulfide) groups is 1. The van der Waals surface area contributed by atoms with Crippen molar-refractivity contribution in [2.45, 2.75) is 38.5 Å². The maximum absolute atomic E-state index is 12.3. The summed E-state index contributed by atoms with van der Waals surface area (Å²) >= 11 is 0.757. The highest BCUT2D eigenvalue weighted by Crippen LogP contribution is 2.23. The van der Waals surface area contributed by atoms with Gasteiger partial charge in [-0.3, -0.25) is 14.4 Å². The fourth-order valence-electron chi connectivity index (χ4n) is 2.54. The van der Waals surface area contributed by atoms with E-state index in [-0.39, 0.29) is 23.4 Å². The van der Waals surface area contributed by atoms with Crippen LogP contribution in [0.5, 0.6) is 0 Å². The molecule has 2 aromatic rings. The monoisotopic (exact) mass is 399 g/mol. The van der Waals surface area contributed by atoms with Crippen molar-refractivity contribution in [2.75, 3.05) is 0 Å². The van der Waals surface area contributed by atoms with Crippen LogP contribution in [0.1, 0.15) is 26.3 Å². The van der Waals surface area contributed by atoms with Crippen LogP contribution >= 0.6 is 11.8 Å². The highest BCUT2D eigenvalue weighted by Gasteiger charge is 2.26. The van der Waals surface area contributed by atoms with Gasteiger partial charge in [-0.05, 0) is 30.0 Å². The predicted octanol–water partition coefficient (Wildman–Crippen LogP) is 3.77.